The number of nitrogens with one attached hydrogen (secondary N) is 3. The summed E-state index contributed by atoms with van der Waals surface area (Å²) in [6.45, 7) is 1.99. The number of ether oxygens (including phenoxy) is 1. The molecule has 1 aliphatic rings. The molecule has 0 bridgehead atoms. The van der Waals surface area contributed by atoms with Crippen LogP contribution >= 0.6 is 0 Å². The van der Waals surface area contributed by atoms with E-state index in [0.29, 0.717) is 5.88 Å². The molecule has 1 saturated carbocycles. The standard InChI is InChI=1S/C16H20N4O3/c1-10-2-7-14(17-8-10)23-12-5-3-11(4-6-12)19-15(21)13-9-18-16(22)20-13/h2,7-9,11-12H,3-6H2,1H3,(H,19,21)(H2,18,20,22). The molecule has 3 rings (SSSR count). The topological polar surface area (TPSA) is 99.9 Å². The van der Waals surface area contributed by atoms with Gasteiger partial charge in [0.25, 0.3) is 5.91 Å². The number of H-pyrrole nitrogens is 2. The quantitative estimate of drug-likeness (QED) is 0.796. The highest BCUT2D eigenvalue weighted by Gasteiger charge is 2.24. The van der Waals surface area contributed by atoms with Crippen molar-refractivity contribution in [2.75, 3.05) is 0 Å². The maximum Gasteiger partial charge on any atom is 0.323 e. The Morgan fingerprint density at radius 3 is 2.70 bits per heavy atom. The van der Waals surface area contributed by atoms with Gasteiger partial charge in [-0.2, -0.15) is 0 Å². The number of pyridine rings is 1. The van der Waals surface area contributed by atoms with E-state index >= 15 is 0 Å². The van der Waals surface area contributed by atoms with Crippen LogP contribution in [0.15, 0.2) is 29.3 Å². The second-order valence-electron chi connectivity index (χ2n) is 5.90. The molecule has 0 spiro atoms. The Hall–Kier alpha value is -2.57. The van der Waals surface area contributed by atoms with Crippen LogP contribution < -0.4 is 15.7 Å². The Bertz CT molecular complexity index is 711. The molecule has 2 aromatic rings. The first-order valence-electron chi connectivity index (χ1n) is 7.78. The summed E-state index contributed by atoms with van der Waals surface area (Å²) < 4.78 is 5.88. The molecule has 7 nitrogen and oxygen atoms in total. The lowest BCUT2D eigenvalue weighted by Crippen LogP contribution is -2.40. The number of nitrogens with zero attached hydrogens (tertiary/aromatic N) is 1. The molecule has 0 aliphatic heterocycles. The van der Waals surface area contributed by atoms with Crippen molar-refractivity contribution in [1.82, 2.24) is 20.3 Å². The van der Waals surface area contributed by atoms with Gasteiger partial charge in [-0.25, -0.2) is 9.78 Å². The van der Waals surface area contributed by atoms with Gasteiger partial charge in [-0.1, -0.05) is 6.07 Å². The summed E-state index contributed by atoms with van der Waals surface area (Å²) >= 11 is 0. The zero-order valence-electron chi connectivity index (χ0n) is 13.0. The first-order chi connectivity index (χ1) is 11.1. The lowest BCUT2D eigenvalue weighted by atomic mass is 9.93. The first-order valence-corrected chi connectivity index (χ1v) is 7.78. The Balaban J connectivity index is 1.47. The van der Waals surface area contributed by atoms with Crippen molar-refractivity contribution < 1.29 is 9.53 Å². The van der Waals surface area contributed by atoms with Crippen molar-refractivity contribution in [1.29, 1.82) is 0 Å². The number of aromatic nitrogens is 3. The van der Waals surface area contributed by atoms with E-state index in [9.17, 15) is 9.59 Å². The van der Waals surface area contributed by atoms with Crippen LogP contribution in [0, 0.1) is 6.92 Å². The monoisotopic (exact) mass is 316 g/mol. The Kier molecular flexibility index (Phi) is 4.45. The van der Waals surface area contributed by atoms with Crippen molar-refractivity contribution >= 4 is 5.91 Å². The Morgan fingerprint density at radius 2 is 2.09 bits per heavy atom. The highest BCUT2D eigenvalue weighted by Crippen LogP contribution is 2.23. The van der Waals surface area contributed by atoms with E-state index in [0.717, 1.165) is 31.2 Å². The minimum Gasteiger partial charge on any atom is -0.474 e. The molecule has 23 heavy (non-hydrogen) atoms. The van der Waals surface area contributed by atoms with Crippen LogP contribution in [0.3, 0.4) is 0 Å². The van der Waals surface area contributed by atoms with Crippen molar-refractivity contribution in [3.05, 3.63) is 46.3 Å². The minimum absolute atomic E-state index is 0.103. The summed E-state index contributed by atoms with van der Waals surface area (Å²) in [7, 11) is 0. The summed E-state index contributed by atoms with van der Waals surface area (Å²) in [6.07, 6.45) is 6.72. The zero-order valence-corrected chi connectivity index (χ0v) is 13.0. The van der Waals surface area contributed by atoms with Crippen molar-refractivity contribution in [3.8, 4) is 5.88 Å². The van der Waals surface area contributed by atoms with Crippen LogP contribution in [0.25, 0.3) is 0 Å². The lowest BCUT2D eigenvalue weighted by Gasteiger charge is -2.29. The summed E-state index contributed by atoms with van der Waals surface area (Å²) in [6, 6.07) is 3.96. The predicted octanol–water partition coefficient (Wildman–Crippen LogP) is 1.53. The number of carbonyl (C=O) groups is 1. The van der Waals surface area contributed by atoms with Gasteiger partial charge in [0.05, 0.1) is 0 Å². The molecule has 0 unspecified atom stereocenters. The van der Waals surface area contributed by atoms with E-state index < -0.39 is 0 Å². The second-order valence-corrected chi connectivity index (χ2v) is 5.90. The molecule has 0 atom stereocenters. The molecule has 0 radical (unpaired) electrons. The van der Waals surface area contributed by atoms with Gasteiger partial charge in [-0.15, -0.1) is 0 Å². The number of carbonyl (C=O) groups excluding carboxylic acids is 1. The number of aryl methyl sites for hydroxylation is 1. The third-order valence-electron chi connectivity index (χ3n) is 4.02. The lowest BCUT2D eigenvalue weighted by molar-refractivity contribution is 0.0885. The number of hydrogen-bond acceptors (Lipinski definition) is 4. The predicted molar refractivity (Wildman–Crippen MR) is 84.5 cm³/mol. The number of amides is 1. The molecule has 0 saturated heterocycles. The van der Waals surface area contributed by atoms with E-state index in [1.165, 1.54) is 6.20 Å². The van der Waals surface area contributed by atoms with Gasteiger partial charge in [0.2, 0.25) is 5.88 Å². The maximum atomic E-state index is 12.0. The van der Waals surface area contributed by atoms with Gasteiger partial charge in [-0.3, -0.25) is 4.79 Å². The summed E-state index contributed by atoms with van der Waals surface area (Å²) in [4.78, 5) is 32.1. The molecule has 7 heteroatoms. The highest BCUT2D eigenvalue weighted by molar-refractivity contribution is 5.92. The molecule has 3 N–H and O–H groups in total. The van der Waals surface area contributed by atoms with Gasteiger partial charge in [0.1, 0.15) is 11.8 Å². The fourth-order valence-corrected chi connectivity index (χ4v) is 2.74. The third-order valence-corrected chi connectivity index (χ3v) is 4.02. The van der Waals surface area contributed by atoms with Crippen LogP contribution in [0.1, 0.15) is 41.7 Å². The second kappa shape index (κ2) is 6.68. The van der Waals surface area contributed by atoms with Crippen LogP contribution in [-0.4, -0.2) is 33.0 Å². The molecule has 122 valence electrons. The molecular weight excluding hydrogens is 296 g/mol. The summed E-state index contributed by atoms with van der Waals surface area (Å²) in [5.41, 5.74) is 0.988. The van der Waals surface area contributed by atoms with E-state index in [4.69, 9.17) is 4.74 Å². The van der Waals surface area contributed by atoms with Crippen molar-refractivity contribution in [2.45, 2.75) is 44.8 Å². The summed E-state index contributed by atoms with van der Waals surface area (Å²) in [5, 5.41) is 2.94. The molecule has 1 amide bonds. The van der Waals surface area contributed by atoms with Gasteiger partial charge in [-0.05, 0) is 38.2 Å². The third kappa shape index (κ3) is 4.00. The van der Waals surface area contributed by atoms with Gasteiger partial charge in [0, 0.05) is 24.5 Å². The Morgan fingerprint density at radius 1 is 1.30 bits per heavy atom. The molecular formula is C16H20N4O3. The fourth-order valence-electron chi connectivity index (χ4n) is 2.74. The molecule has 2 aromatic heterocycles. The first kappa shape index (κ1) is 15.3. The largest absolute Gasteiger partial charge is 0.474 e. The average Bonchev–Trinajstić information content (AvgIpc) is 2.98. The maximum absolute atomic E-state index is 12.0. The van der Waals surface area contributed by atoms with E-state index in [1.807, 2.05) is 19.1 Å². The Labute approximate surface area is 133 Å². The molecule has 1 fully saturated rings. The van der Waals surface area contributed by atoms with E-state index in [1.54, 1.807) is 6.20 Å². The number of rotatable bonds is 4. The summed E-state index contributed by atoms with van der Waals surface area (Å²) in [5.74, 6) is 0.390. The smallest absolute Gasteiger partial charge is 0.323 e. The minimum atomic E-state index is -0.377. The van der Waals surface area contributed by atoms with E-state index in [2.05, 4.69) is 20.3 Å². The van der Waals surface area contributed by atoms with Gasteiger partial charge in [0.15, 0.2) is 0 Å². The van der Waals surface area contributed by atoms with E-state index in [-0.39, 0.29) is 29.4 Å². The van der Waals surface area contributed by atoms with Crippen molar-refractivity contribution in [2.24, 2.45) is 0 Å². The molecule has 1 aliphatic carbocycles. The SMILES string of the molecule is Cc1ccc(OC2CCC(NC(=O)c3c[nH]c(=O)[nH]3)CC2)nc1. The number of hydrogen-bond donors (Lipinski definition) is 3. The van der Waals surface area contributed by atoms with Gasteiger partial charge < -0.3 is 20.0 Å². The average molecular weight is 316 g/mol. The van der Waals surface area contributed by atoms with Crippen molar-refractivity contribution in [3.63, 3.8) is 0 Å². The van der Waals surface area contributed by atoms with Crippen LogP contribution in [0.5, 0.6) is 5.88 Å². The van der Waals surface area contributed by atoms with Gasteiger partial charge >= 0.3 is 5.69 Å². The fraction of sp³-hybridized carbons (Fsp3) is 0.438. The number of imidazole rings is 1. The normalized spacial score (nSPS) is 20.9. The van der Waals surface area contributed by atoms with Crippen LogP contribution in [0.4, 0.5) is 0 Å². The molecule has 0 aromatic carbocycles. The highest BCUT2D eigenvalue weighted by atomic mass is 16.5. The zero-order chi connectivity index (χ0) is 16.2. The van der Waals surface area contributed by atoms with Crippen LogP contribution in [0.2, 0.25) is 0 Å². The molecule has 2 heterocycles. The van der Waals surface area contributed by atoms with Crippen LogP contribution in [-0.2, 0) is 0 Å². The number of aromatic amines is 2.